The topological polar surface area (TPSA) is 98.7 Å². The molecule has 32 heavy (non-hydrogen) atoms. The highest BCUT2D eigenvalue weighted by Crippen LogP contribution is 2.29. The van der Waals surface area contributed by atoms with Crippen LogP contribution in [0.15, 0.2) is 0 Å². The van der Waals surface area contributed by atoms with Crippen molar-refractivity contribution in [3.8, 4) is 0 Å². The van der Waals surface area contributed by atoms with Crippen LogP contribution in [0, 0.1) is 11.8 Å². The SMILES string of the molecule is CC(=O)O.CC(=O)O.CC(NC1CCC(NC(C)C2CCCCC2)CC1)C1CCCCC1. The molecule has 0 aromatic carbocycles. The Kier molecular flexibility index (Phi) is 14.9. The van der Waals surface area contributed by atoms with E-state index < -0.39 is 11.9 Å². The molecule has 0 saturated heterocycles. The first-order valence-corrected chi connectivity index (χ1v) is 13.1. The molecular weight excluding hydrogens is 404 g/mol. The average molecular weight is 455 g/mol. The molecule has 2 atom stereocenters. The molecule has 0 radical (unpaired) electrons. The van der Waals surface area contributed by atoms with E-state index in [4.69, 9.17) is 19.8 Å². The second-order valence-electron chi connectivity index (χ2n) is 10.3. The van der Waals surface area contributed by atoms with E-state index in [2.05, 4.69) is 24.5 Å². The van der Waals surface area contributed by atoms with Gasteiger partial charge in [0.1, 0.15) is 0 Å². The van der Waals surface area contributed by atoms with Gasteiger partial charge in [-0.3, -0.25) is 9.59 Å². The third kappa shape index (κ3) is 13.4. The van der Waals surface area contributed by atoms with E-state index in [1.54, 1.807) is 0 Å². The van der Waals surface area contributed by atoms with Gasteiger partial charge in [0, 0.05) is 38.0 Å². The Bertz CT molecular complexity index is 454. The van der Waals surface area contributed by atoms with Crippen LogP contribution in [0.3, 0.4) is 0 Å². The smallest absolute Gasteiger partial charge is 0.300 e. The molecule has 6 nitrogen and oxygen atoms in total. The van der Waals surface area contributed by atoms with Gasteiger partial charge in [-0.1, -0.05) is 38.5 Å². The summed E-state index contributed by atoms with van der Waals surface area (Å²) in [6, 6.07) is 3.04. The summed E-state index contributed by atoms with van der Waals surface area (Å²) in [7, 11) is 0. The summed E-state index contributed by atoms with van der Waals surface area (Å²) in [6.07, 6.45) is 20.2. The van der Waals surface area contributed by atoms with E-state index in [1.165, 1.54) is 89.9 Å². The number of hydrogen-bond acceptors (Lipinski definition) is 4. The lowest BCUT2D eigenvalue weighted by Gasteiger charge is -2.37. The zero-order valence-electron chi connectivity index (χ0n) is 21.1. The monoisotopic (exact) mass is 454 g/mol. The molecule has 0 heterocycles. The molecule has 3 rings (SSSR count). The molecule has 0 spiro atoms. The van der Waals surface area contributed by atoms with Crippen LogP contribution in [0.5, 0.6) is 0 Å². The minimum absolute atomic E-state index is 0.737. The zero-order valence-corrected chi connectivity index (χ0v) is 21.1. The Labute approximate surface area is 196 Å². The molecule has 3 saturated carbocycles. The van der Waals surface area contributed by atoms with Crippen molar-refractivity contribution >= 4 is 11.9 Å². The molecule has 2 unspecified atom stereocenters. The number of rotatable bonds is 6. The van der Waals surface area contributed by atoms with E-state index in [9.17, 15) is 0 Å². The van der Waals surface area contributed by atoms with Crippen LogP contribution >= 0.6 is 0 Å². The molecule has 0 aromatic rings. The van der Waals surface area contributed by atoms with E-state index in [0.717, 1.165) is 49.9 Å². The summed E-state index contributed by atoms with van der Waals surface area (Å²) in [4.78, 5) is 18.0. The van der Waals surface area contributed by atoms with E-state index >= 15 is 0 Å². The normalized spacial score (nSPS) is 26.5. The van der Waals surface area contributed by atoms with Crippen LogP contribution in [0.1, 0.15) is 118 Å². The number of aliphatic carboxylic acids is 2. The first-order chi connectivity index (χ1) is 15.2. The van der Waals surface area contributed by atoms with E-state index in [1.807, 2.05) is 0 Å². The Hall–Kier alpha value is -1.14. The van der Waals surface area contributed by atoms with E-state index in [-0.39, 0.29) is 0 Å². The van der Waals surface area contributed by atoms with Gasteiger partial charge in [-0.15, -0.1) is 0 Å². The Morgan fingerprint density at radius 1 is 0.594 bits per heavy atom. The third-order valence-electron chi connectivity index (χ3n) is 7.44. The van der Waals surface area contributed by atoms with Crippen molar-refractivity contribution in [3.05, 3.63) is 0 Å². The maximum atomic E-state index is 9.00. The van der Waals surface area contributed by atoms with Gasteiger partial charge >= 0.3 is 0 Å². The summed E-state index contributed by atoms with van der Waals surface area (Å²) in [6.45, 7) is 7.07. The van der Waals surface area contributed by atoms with Crippen molar-refractivity contribution in [2.75, 3.05) is 0 Å². The van der Waals surface area contributed by atoms with Gasteiger partial charge in [0.2, 0.25) is 0 Å². The van der Waals surface area contributed by atoms with Gasteiger partial charge < -0.3 is 20.8 Å². The third-order valence-corrected chi connectivity index (χ3v) is 7.44. The summed E-state index contributed by atoms with van der Waals surface area (Å²) in [5.41, 5.74) is 0. The van der Waals surface area contributed by atoms with Crippen LogP contribution in [0.2, 0.25) is 0 Å². The van der Waals surface area contributed by atoms with E-state index in [0.29, 0.717) is 0 Å². The number of carboxylic acids is 2. The van der Waals surface area contributed by atoms with Gasteiger partial charge in [0.15, 0.2) is 0 Å². The first-order valence-electron chi connectivity index (χ1n) is 13.1. The Balaban J connectivity index is 0.000000554. The lowest BCUT2D eigenvalue weighted by molar-refractivity contribution is -0.135. The second kappa shape index (κ2) is 16.5. The molecule has 3 aliphatic carbocycles. The quantitative estimate of drug-likeness (QED) is 0.417. The van der Waals surface area contributed by atoms with Crippen LogP contribution < -0.4 is 10.6 Å². The summed E-state index contributed by atoms with van der Waals surface area (Å²) < 4.78 is 0. The fourth-order valence-corrected chi connectivity index (χ4v) is 5.71. The Morgan fingerprint density at radius 2 is 0.844 bits per heavy atom. The van der Waals surface area contributed by atoms with Crippen molar-refractivity contribution < 1.29 is 19.8 Å². The van der Waals surface area contributed by atoms with Gasteiger partial charge in [0.25, 0.3) is 11.9 Å². The number of hydrogen-bond donors (Lipinski definition) is 4. The maximum Gasteiger partial charge on any atom is 0.300 e. The zero-order chi connectivity index (χ0) is 23.9. The molecule has 0 bridgehead atoms. The first kappa shape index (κ1) is 28.9. The van der Waals surface area contributed by atoms with Crippen LogP contribution in [-0.2, 0) is 9.59 Å². The fraction of sp³-hybridized carbons (Fsp3) is 0.923. The summed E-state index contributed by atoms with van der Waals surface area (Å²) >= 11 is 0. The summed E-state index contributed by atoms with van der Waals surface area (Å²) in [5.74, 6) is 0.224. The predicted molar refractivity (Wildman–Crippen MR) is 131 cm³/mol. The molecule has 6 heteroatoms. The highest BCUT2D eigenvalue weighted by molar-refractivity contribution is 5.63. The van der Waals surface area contributed by atoms with Gasteiger partial charge in [0.05, 0.1) is 0 Å². The molecule has 0 aromatic heterocycles. The molecule has 0 amide bonds. The molecule has 3 fully saturated rings. The second-order valence-corrected chi connectivity index (χ2v) is 10.3. The van der Waals surface area contributed by atoms with Gasteiger partial charge in [-0.05, 0) is 77.0 Å². The van der Waals surface area contributed by atoms with Gasteiger partial charge in [-0.2, -0.15) is 0 Å². The average Bonchev–Trinajstić information content (AvgIpc) is 2.75. The molecule has 188 valence electrons. The van der Waals surface area contributed by atoms with Gasteiger partial charge in [-0.25, -0.2) is 0 Å². The highest BCUT2D eigenvalue weighted by atomic mass is 16.4. The standard InChI is InChI=1S/C22H42N2.2C2H4O2/c1-17(19-9-5-3-6-10-19)23-21-13-15-22(16-14-21)24-18(2)20-11-7-4-8-12-20;2*1-2(3)4/h17-24H,3-16H2,1-2H3;2*1H3,(H,3,4). The van der Waals surface area contributed by atoms with Crippen molar-refractivity contribution in [2.24, 2.45) is 11.8 Å². The van der Waals surface area contributed by atoms with Crippen LogP contribution in [-0.4, -0.2) is 46.3 Å². The van der Waals surface area contributed by atoms with Crippen LogP contribution in [0.25, 0.3) is 0 Å². The minimum Gasteiger partial charge on any atom is -0.481 e. The van der Waals surface area contributed by atoms with Crippen LogP contribution in [0.4, 0.5) is 0 Å². The number of nitrogens with one attached hydrogen (secondary N) is 2. The molecule has 0 aliphatic heterocycles. The number of carboxylic acid groups (broad SMARTS) is 2. The largest absolute Gasteiger partial charge is 0.481 e. The molecule has 4 N–H and O–H groups in total. The maximum absolute atomic E-state index is 9.00. The summed E-state index contributed by atoms with van der Waals surface area (Å²) in [5, 5.41) is 22.8. The van der Waals surface area contributed by atoms with Crippen molar-refractivity contribution in [2.45, 2.75) is 142 Å². The highest BCUT2D eigenvalue weighted by Gasteiger charge is 2.28. The van der Waals surface area contributed by atoms with Crippen molar-refractivity contribution in [3.63, 3.8) is 0 Å². The van der Waals surface area contributed by atoms with Crippen molar-refractivity contribution in [1.29, 1.82) is 0 Å². The lowest BCUT2D eigenvalue weighted by atomic mass is 9.82. The fourth-order valence-electron chi connectivity index (χ4n) is 5.71. The molecular formula is C26H50N2O4. The predicted octanol–water partition coefficient (Wildman–Crippen LogP) is 5.60. The number of carbonyl (C=O) groups is 2. The lowest BCUT2D eigenvalue weighted by Crippen LogP contribution is -2.48. The Morgan fingerprint density at radius 3 is 1.09 bits per heavy atom. The minimum atomic E-state index is -0.833. The molecule has 3 aliphatic rings. The van der Waals surface area contributed by atoms with Crippen molar-refractivity contribution in [1.82, 2.24) is 10.6 Å².